The Bertz CT molecular complexity index is 1520. The van der Waals surface area contributed by atoms with Gasteiger partial charge >= 0.3 is 0 Å². The molecule has 42 heavy (non-hydrogen) atoms. The van der Waals surface area contributed by atoms with Gasteiger partial charge in [-0.2, -0.15) is 5.10 Å². The zero-order valence-corrected chi connectivity index (χ0v) is 25.5. The van der Waals surface area contributed by atoms with E-state index in [1.54, 1.807) is 13.4 Å². The number of aromatic nitrogens is 4. The largest absolute Gasteiger partial charge is 0.494 e. The summed E-state index contributed by atoms with van der Waals surface area (Å²) >= 11 is 0. The molecule has 1 saturated carbocycles. The number of methoxy groups -OCH3 is 1. The minimum atomic E-state index is 0.505. The third-order valence-electron chi connectivity index (χ3n) is 9.21. The van der Waals surface area contributed by atoms with Crippen molar-refractivity contribution in [3.8, 4) is 17.0 Å². The van der Waals surface area contributed by atoms with Gasteiger partial charge in [-0.25, -0.2) is 9.97 Å². The number of piperazine rings is 1. The van der Waals surface area contributed by atoms with E-state index in [1.165, 1.54) is 51.9 Å². The van der Waals surface area contributed by atoms with Gasteiger partial charge in [-0.3, -0.25) is 9.58 Å². The lowest BCUT2D eigenvalue weighted by atomic mass is 9.88. The molecule has 0 atom stereocenters. The fraction of sp³-hybridized carbons (Fsp3) is 0.469. The number of ether oxygens (including phenoxy) is 1. The van der Waals surface area contributed by atoms with Gasteiger partial charge < -0.3 is 25.2 Å². The molecule has 0 bridgehead atoms. The van der Waals surface area contributed by atoms with Crippen LogP contribution in [-0.4, -0.2) is 96.1 Å². The molecule has 1 saturated heterocycles. The highest BCUT2D eigenvalue weighted by Gasteiger charge is 2.30. The fourth-order valence-electron chi connectivity index (χ4n) is 6.57. The normalized spacial score (nSPS) is 20.0. The summed E-state index contributed by atoms with van der Waals surface area (Å²) in [5.74, 6) is 1.48. The van der Waals surface area contributed by atoms with Gasteiger partial charge in [0, 0.05) is 82.5 Å². The van der Waals surface area contributed by atoms with Gasteiger partial charge in [-0.1, -0.05) is 6.07 Å². The van der Waals surface area contributed by atoms with Crippen molar-refractivity contribution >= 4 is 33.8 Å². The molecule has 0 radical (unpaired) electrons. The quantitative estimate of drug-likeness (QED) is 0.310. The predicted octanol–water partition coefficient (Wildman–Crippen LogP) is 4.82. The first-order valence-corrected chi connectivity index (χ1v) is 15.0. The van der Waals surface area contributed by atoms with Gasteiger partial charge in [0.1, 0.15) is 17.9 Å². The van der Waals surface area contributed by atoms with Gasteiger partial charge in [-0.05, 0) is 50.9 Å². The first-order chi connectivity index (χ1) is 20.4. The first kappa shape index (κ1) is 28.2. The Labute approximate surface area is 248 Å². The van der Waals surface area contributed by atoms with Crippen molar-refractivity contribution in [1.29, 1.82) is 0 Å². The zero-order chi connectivity index (χ0) is 29.2. The number of likely N-dealkylation sites (N-methyl/N-ethyl adjacent to an activating group) is 1. The second kappa shape index (κ2) is 12.1. The Kier molecular flexibility index (Phi) is 8.17. The summed E-state index contributed by atoms with van der Waals surface area (Å²) in [4.78, 5) is 16.6. The van der Waals surface area contributed by atoms with E-state index in [1.807, 2.05) is 31.0 Å². The molecule has 0 spiro atoms. The third kappa shape index (κ3) is 5.73. The molecule has 0 amide bonds. The Morgan fingerprint density at radius 3 is 2.45 bits per heavy atom. The van der Waals surface area contributed by atoms with Crippen molar-refractivity contribution in [1.82, 2.24) is 29.5 Å². The smallest absolute Gasteiger partial charge is 0.144 e. The van der Waals surface area contributed by atoms with Crippen LogP contribution in [0.2, 0.25) is 0 Å². The number of anilines is 4. The molecule has 6 rings (SSSR count). The van der Waals surface area contributed by atoms with Crippen molar-refractivity contribution in [2.24, 2.45) is 7.05 Å². The summed E-state index contributed by atoms with van der Waals surface area (Å²) in [5, 5.41) is 12.3. The molecule has 2 aromatic heterocycles. The summed E-state index contributed by atoms with van der Waals surface area (Å²) in [6.07, 6.45) is 8.39. The number of nitrogens with one attached hydrogen (secondary N) is 2. The molecule has 1 aliphatic carbocycles. The monoisotopic (exact) mass is 569 g/mol. The van der Waals surface area contributed by atoms with Crippen LogP contribution >= 0.6 is 0 Å². The van der Waals surface area contributed by atoms with Crippen LogP contribution < -0.4 is 20.3 Å². The van der Waals surface area contributed by atoms with Crippen molar-refractivity contribution in [3.05, 3.63) is 48.9 Å². The van der Waals surface area contributed by atoms with Crippen molar-refractivity contribution in [2.45, 2.75) is 37.8 Å². The van der Waals surface area contributed by atoms with Crippen LogP contribution in [0.15, 0.2) is 48.9 Å². The van der Waals surface area contributed by atoms with E-state index in [0.717, 1.165) is 51.0 Å². The number of nitrogens with zero attached hydrogens (tertiary/aromatic N) is 7. The molecular formula is C32H43N9O. The topological polar surface area (TPSA) is 86.6 Å². The van der Waals surface area contributed by atoms with E-state index in [-0.39, 0.29) is 0 Å². The maximum Gasteiger partial charge on any atom is 0.144 e. The number of hydrogen-bond donors (Lipinski definition) is 2. The van der Waals surface area contributed by atoms with Crippen LogP contribution in [0.4, 0.5) is 22.9 Å². The van der Waals surface area contributed by atoms with Crippen LogP contribution in [0.1, 0.15) is 25.7 Å². The number of benzene rings is 2. The molecule has 10 nitrogen and oxygen atoms in total. The van der Waals surface area contributed by atoms with Gasteiger partial charge in [0.15, 0.2) is 0 Å². The summed E-state index contributed by atoms with van der Waals surface area (Å²) in [7, 11) is 10.1. The molecule has 0 unspecified atom stereocenters. The molecule has 2 fully saturated rings. The molecule has 3 heterocycles. The van der Waals surface area contributed by atoms with Crippen LogP contribution in [0.25, 0.3) is 22.2 Å². The minimum Gasteiger partial charge on any atom is -0.494 e. The molecule has 10 heteroatoms. The Morgan fingerprint density at radius 1 is 0.929 bits per heavy atom. The maximum atomic E-state index is 5.89. The molecule has 222 valence electrons. The number of aryl methyl sites for hydroxylation is 1. The highest BCUT2D eigenvalue weighted by Crippen LogP contribution is 2.40. The Morgan fingerprint density at radius 2 is 1.71 bits per heavy atom. The summed E-state index contributed by atoms with van der Waals surface area (Å²) in [6.45, 7) is 4.77. The second-order valence-electron chi connectivity index (χ2n) is 11.7. The predicted molar refractivity (Wildman–Crippen MR) is 171 cm³/mol. The van der Waals surface area contributed by atoms with E-state index in [0.29, 0.717) is 11.9 Å². The lowest BCUT2D eigenvalue weighted by Crippen LogP contribution is -2.51. The highest BCUT2D eigenvalue weighted by atomic mass is 16.5. The zero-order valence-electron chi connectivity index (χ0n) is 25.5. The van der Waals surface area contributed by atoms with Crippen LogP contribution in [0.5, 0.6) is 5.75 Å². The SMILES string of the molecule is CNc1cc(Nc2cc(-c3ccc4c(cnn4C)c3)ncn2)c(OC)cc1N(C)C1CCC(N2CCN(C)CC2)CC1. The Hall–Kier alpha value is -3.89. The summed E-state index contributed by atoms with van der Waals surface area (Å²) in [5.41, 5.74) is 6.00. The number of hydrogen-bond acceptors (Lipinski definition) is 9. The lowest BCUT2D eigenvalue weighted by molar-refractivity contribution is 0.0879. The lowest BCUT2D eigenvalue weighted by Gasteiger charge is -2.43. The van der Waals surface area contributed by atoms with E-state index >= 15 is 0 Å². The molecule has 2 aliphatic rings. The average Bonchev–Trinajstić information content (AvgIpc) is 3.40. The molecular weight excluding hydrogens is 526 g/mol. The van der Waals surface area contributed by atoms with Crippen molar-refractivity contribution in [2.75, 3.05) is 70.0 Å². The minimum absolute atomic E-state index is 0.505. The van der Waals surface area contributed by atoms with Crippen LogP contribution in [-0.2, 0) is 7.05 Å². The Balaban J connectivity index is 1.18. The van der Waals surface area contributed by atoms with Gasteiger partial charge in [0.2, 0.25) is 0 Å². The standard InChI is InChI=1S/C32H43N9O/c1-33-27-17-28(37-32-18-26(34-21-35-32)22-6-11-29-23(16-22)20-36-40(29)4)31(42-5)19-30(27)39(3)24-7-9-25(10-8-24)41-14-12-38(2)13-15-41/h6,11,16-21,24-25,33H,7-10,12-15H2,1-5H3,(H,34,35,37). The average molecular weight is 570 g/mol. The van der Waals surface area contributed by atoms with Gasteiger partial charge in [-0.15, -0.1) is 0 Å². The van der Waals surface area contributed by atoms with E-state index in [2.05, 4.69) is 84.8 Å². The van der Waals surface area contributed by atoms with E-state index < -0.39 is 0 Å². The van der Waals surface area contributed by atoms with Crippen LogP contribution in [0, 0.1) is 0 Å². The molecule has 2 aromatic carbocycles. The molecule has 1 aliphatic heterocycles. The van der Waals surface area contributed by atoms with E-state index in [9.17, 15) is 0 Å². The molecule has 4 aromatic rings. The van der Waals surface area contributed by atoms with Gasteiger partial charge in [0.05, 0.1) is 41.6 Å². The molecule has 2 N–H and O–H groups in total. The first-order valence-electron chi connectivity index (χ1n) is 15.0. The van der Waals surface area contributed by atoms with Gasteiger partial charge in [0.25, 0.3) is 0 Å². The van der Waals surface area contributed by atoms with Crippen LogP contribution in [0.3, 0.4) is 0 Å². The summed E-state index contributed by atoms with van der Waals surface area (Å²) in [6, 6.07) is 13.7. The van der Waals surface area contributed by atoms with E-state index in [4.69, 9.17) is 4.74 Å². The van der Waals surface area contributed by atoms with Crippen molar-refractivity contribution < 1.29 is 4.74 Å². The number of fused-ring (bicyclic) bond motifs is 1. The summed E-state index contributed by atoms with van der Waals surface area (Å²) < 4.78 is 7.76. The second-order valence-corrected chi connectivity index (χ2v) is 11.7. The highest BCUT2D eigenvalue weighted by molar-refractivity contribution is 5.85. The fourth-order valence-corrected chi connectivity index (χ4v) is 6.57. The number of rotatable bonds is 8. The maximum absolute atomic E-state index is 5.89. The third-order valence-corrected chi connectivity index (χ3v) is 9.21. The van der Waals surface area contributed by atoms with Crippen molar-refractivity contribution in [3.63, 3.8) is 0 Å².